The molecule has 2 aromatic heterocycles. The summed E-state index contributed by atoms with van der Waals surface area (Å²) in [4.78, 5) is 20.1. The third-order valence-electron chi connectivity index (χ3n) is 3.79. The van der Waals surface area contributed by atoms with Crippen molar-refractivity contribution in [2.75, 3.05) is 19.7 Å². The van der Waals surface area contributed by atoms with E-state index in [4.69, 9.17) is 4.74 Å². The van der Waals surface area contributed by atoms with Gasteiger partial charge in [0.15, 0.2) is 5.82 Å². The Morgan fingerprint density at radius 3 is 3.18 bits per heavy atom. The Bertz CT molecular complexity index is 625. The van der Waals surface area contributed by atoms with Gasteiger partial charge in [-0.3, -0.25) is 9.89 Å². The monoisotopic (exact) mass is 320 g/mol. The Kier molecular flexibility index (Phi) is 4.54. The largest absolute Gasteiger partial charge is 0.366 e. The summed E-state index contributed by atoms with van der Waals surface area (Å²) < 4.78 is 5.71. The number of H-pyrrole nitrogens is 1. The van der Waals surface area contributed by atoms with Crippen LogP contribution < -0.4 is 0 Å². The van der Waals surface area contributed by atoms with E-state index in [1.165, 1.54) is 4.88 Å². The molecule has 0 spiro atoms. The van der Waals surface area contributed by atoms with Gasteiger partial charge >= 0.3 is 0 Å². The number of aromatic amines is 1. The normalized spacial score (nSPS) is 20.1. The molecule has 1 saturated heterocycles. The molecule has 0 aliphatic carbocycles. The average Bonchev–Trinajstić information content (AvgIpc) is 3.18. The number of amides is 1. The maximum absolute atomic E-state index is 12.6. The zero-order chi connectivity index (χ0) is 15.5. The fourth-order valence-electron chi connectivity index (χ4n) is 2.64. The van der Waals surface area contributed by atoms with Crippen LogP contribution in [-0.2, 0) is 16.0 Å². The molecule has 1 aliphatic rings. The number of aromatic nitrogens is 3. The molecule has 22 heavy (non-hydrogen) atoms. The van der Waals surface area contributed by atoms with E-state index in [0.717, 1.165) is 12.2 Å². The Labute approximate surface area is 133 Å². The maximum Gasteiger partial charge on any atom is 0.225 e. The summed E-state index contributed by atoms with van der Waals surface area (Å²) in [5.41, 5.74) is 0. The van der Waals surface area contributed by atoms with E-state index >= 15 is 0 Å². The van der Waals surface area contributed by atoms with E-state index in [1.807, 2.05) is 30.2 Å². The lowest BCUT2D eigenvalue weighted by Gasteiger charge is -2.33. The molecule has 2 aromatic rings. The van der Waals surface area contributed by atoms with Gasteiger partial charge in [0.05, 0.1) is 13.2 Å². The maximum atomic E-state index is 12.6. The van der Waals surface area contributed by atoms with E-state index in [-0.39, 0.29) is 17.9 Å². The van der Waals surface area contributed by atoms with Gasteiger partial charge in [-0.2, -0.15) is 5.10 Å². The lowest BCUT2D eigenvalue weighted by Crippen LogP contribution is -2.45. The highest BCUT2D eigenvalue weighted by Gasteiger charge is 2.30. The van der Waals surface area contributed by atoms with Gasteiger partial charge in [0.1, 0.15) is 11.9 Å². The minimum Gasteiger partial charge on any atom is -0.366 e. The second-order valence-corrected chi connectivity index (χ2v) is 6.64. The Balaban J connectivity index is 1.62. The third kappa shape index (κ3) is 3.36. The highest BCUT2D eigenvalue weighted by Crippen LogP contribution is 2.22. The molecule has 7 heteroatoms. The molecule has 3 heterocycles. The highest BCUT2D eigenvalue weighted by atomic mass is 32.1. The second-order valence-electron chi connectivity index (χ2n) is 5.61. The van der Waals surface area contributed by atoms with Crippen LogP contribution in [0.15, 0.2) is 17.5 Å². The molecule has 0 saturated carbocycles. The van der Waals surface area contributed by atoms with Gasteiger partial charge in [0.2, 0.25) is 5.91 Å². The van der Waals surface area contributed by atoms with Crippen molar-refractivity contribution >= 4 is 17.2 Å². The Morgan fingerprint density at radius 1 is 1.64 bits per heavy atom. The first kappa shape index (κ1) is 15.2. The second kappa shape index (κ2) is 6.58. The summed E-state index contributed by atoms with van der Waals surface area (Å²) in [6, 6.07) is 4.10. The number of carbonyl (C=O) groups is 1. The van der Waals surface area contributed by atoms with Crippen LogP contribution in [0.5, 0.6) is 0 Å². The summed E-state index contributed by atoms with van der Waals surface area (Å²) in [5.74, 6) is 1.54. The predicted molar refractivity (Wildman–Crippen MR) is 83.6 cm³/mol. The van der Waals surface area contributed by atoms with Gasteiger partial charge in [-0.1, -0.05) is 13.0 Å². The number of nitrogens with zero attached hydrogens (tertiary/aromatic N) is 3. The van der Waals surface area contributed by atoms with Crippen molar-refractivity contribution in [1.82, 2.24) is 20.1 Å². The molecular weight excluding hydrogens is 300 g/mol. The van der Waals surface area contributed by atoms with Crippen molar-refractivity contribution in [3.05, 3.63) is 34.0 Å². The first-order valence-electron chi connectivity index (χ1n) is 7.45. The standard InChI is InChI=1S/C15H20N4O2S/c1-10(8-12-4-3-7-22-12)15(20)19-5-6-21-13(9-19)14-16-11(2)17-18-14/h3-4,7,10,13H,5-6,8-9H2,1-2H3,(H,16,17,18)/t10-,13-/m1/s1. The van der Waals surface area contributed by atoms with E-state index < -0.39 is 0 Å². The van der Waals surface area contributed by atoms with Crippen molar-refractivity contribution in [3.63, 3.8) is 0 Å². The van der Waals surface area contributed by atoms with E-state index in [0.29, 0.717) is 25.5 Å². The summed E-state index contributed by atoms with van der Waals surface area (Å²) in [6.07, 6.45) is 0.551. The topological polar surface area (TPSA) is 71.1 Å². The number of hydrogen-bond acceptors (Lipinski definition) is 5. The highest BCUT2D eigenvalue weighted by molar-refractivity contribution is 7.09. The minimum absolute atomic E-state index is 0.0220. The molecular formula is C15H20N4O2S. The van der Waals surface area contributed by atoms with E-state index in [9.17, 15) is 4.79 Å². The summed E-state index contributed by atoms with van der Waals surface area (Å²) in [6.45, 7) is 5.52. The van der Waals surface area contributed by atoms with Gasteiger partial charge in [-0.25, -0.2) is 4.98 Å². The minimum atomic E-state index is -0.239. The quantitative estimate of drug-likeness (QED) is 0.935. The molecule has 6 nitrogen and oxygen atoms in total. The van der Waals surface area contributed by atoms with Gasteiger partial charge in [-0.15, -0.1) is 11.3 Å². The van der Waals surface area contributed by atoms with Crippen LogP contribution in [0, 0.1) is 12.8 Å². The Hall–Kier alpha value is -1.73. The molecule has 0 aromatic carbocycles. The molecule has 1 N–H and O–H groups in total. The van der Waals surface area contributed by atoms with Crippen LogP contribution in [0.2, 0.25) is 0 Å². The zero-order valence-corrected chi connectivity index (χ0v) is 13.6. The van der Waals surface area contributed by atoms with Gasteiger partial charge in [-0.05, 0) is 24.8 Å². The fourth-order valence-corrected chi connectivity index (χ4v) is 3.47. The van der Waals surface area contributed by atoms with Crippen LogP contribution in [0.1, 0.15) is 29.6 Å². The lowest BCUT2D eigenvalue weighted by atomic mass is 10.0. The van der Waals surface area contributed by atoms with Crippen LogP contribution in [-0.4, -0.2) is 45.7 Å². The molecule has 1 amide bonds. The van der Waals surface area contributed by atoms with Crippen molar-refractivity contribution in [2.45, 2.75) is 26.4 Å². The fraction of sp³-hybridized carbons (Fsp3) is 0.533. The van der Waals surface area contributed by atoms with E-state index in [2.05, 4.69) is 21.2 Å². The van der Waals surface area contributed by atoms with Gasteiger partial charge < -0.3 is 9.64 Å². The van der Waals surface area contributed by atoms with Crippen LogP contribution in [0.3, 0.4) is 0 Å². The van der Waals surface area contributed by atoms with Gasteiger partial charge in [0.25, 0.3) is 0 Å². The number of carbonyl (C=O) groups excluding carboxylic acids is 1. The van der Waals surface area contributed by atoms with Crippen LogP contribution in [0.4, 0.5) is 0 Å². The summed E-state index contributed by atoms with van der Waals surface area (Å²) in [7, 11) is 0. The molecule has 118 valence electrons. The molecule has 2 atom stereocenters. The summed E-state index contributed by atoms with van der Waals surface area (Å²) >= 11 is 1.70. The zero-order valence-electron chi connectivity index (χ0n) is 12.8. The molecule has 3 rings (SSSR count). The number of ether oxygens (including phenoxy) is 1. The average molecular weight is 320 g/mol. The Morgan fingerprint density at radius 2 is 2.50 bits per heavy atom. The SMILES string of the molecule is Cc1nc([C@H]2CN(C(=O)[C@H](C)Cc3cccs3)CCO2)n[nH]1. The number of nitrogens with one attached hydrogen (secondary N) is 1. The summed E-state index contributed by atoms with van der Waals surface area (Å²) in [5, 5.41) is 9.01. The lowest BCUT2D eigenvalue weighted by molar-refractivity contribution is -0.143. The number of aryl methyl sites for hydroxylation is 1. The van der Waals surface area contributed by atoms with Crippen LogP contribution >= 0.6 is 11.3 Å². The molecule has 1 aliphatic heterocycles. The number of hydrogen-bond donors (Lipinski definition) is 1. The first-order chi connectivity index (χ1) is 10.6. The van der Waals surface area contributed by atoms with E-state index in [1.54, 1.807) is 11.3 Å². The van der Waals surface area contributed by atoms with Crippen molar-refractivity contribution in [2.24, 2.45) is 5.92 Å². The van der Waals surface area contributed by atoms with Gasteiger partial charge in [0, 0.05) is 17.3 Å². The first-order valence-corrected chi connectivity index (χ1v) is 8.33. The van der Waals surface area contributed by atoms with Crippen LogP contribution in [0.25, 0.3) is 0 Å². The smallest absolute Gasteiger partial charge is 0.225 e. The number of morpholine rings is 1. The predicted octanol–water partition coefficient (Wildman–Crippen LogP) is 1.95. The van der Waals surface area contributed by atoms with Crippen molar-refractivity contribution in [3.8, 4) is 0 Å². The number of rotatable bonds is 4. The van der Waals surface area contributed by atoms with Crippen molar-refractivity contribution in [1.29, 1.82) is 0 Å². The third-order valence-corrected chi connectivity index (χ3v) is 4.69. The van der Waals surface area contributed by atoms with Crippen molar-refractivity contribution < 1.29 is 9.53 Å². The molecule has 0 unspecified atom stereocenters. The molecule has 0 radical (unpaired) electrons. The molecule has 0 bridgehead atoms. The molecule has 1 fully saturated rings. The number of thiophene rings is 1.